The first kappa shape index (κ1) is 14.6. The molecule has 2 heterocycles. The second-order valence-corrected chi connectivity index (χ2v) is 5.94. The van der Waals surface area contributed by atoms with E-state index in [1.807, 2.05) is 49.6 Å². The van der Waals surface area contributed by atoms with Gasteiger partial charge in [0.2, 0.25) is 5.89 Å². The van der Waals surface area contributed by atoms with Crippen molar-refractivity contribution in [3.63, 3.8) is 0 Å². The Balaban J connectivity index is 1.80. The molecule has 0 saturated carbocycles. The van der Waals surface area contributed by atoms with Gasteiger partial charge in [-0.2, -0.15) is 0 Å². The fourth-order valence-corrected chi connectivity index (χ4v) is 2.78. The summed E-state index contributed by atoms with van der Waals surface area (Å²) in [7, 11) is 1.65. The van der Waals surface area contributed by atoms with Crippen LogP contribution in [0.15, 0.2) is 40.1 Å². The summed E-state index contributed by atoms with van der Waals surface area (Å²) in [4.78, 5) is 0.971. The third-order valence-corrected chi connectivity index (χ3v) is 4.13. The smallest absolute Gasteiger partial charge is 0.257 e. The number of nitrogens with one attached hydrogen (secondary N) is 1. The monoisotopic (exact) mass is 315 g/mol. The molecule has 0 aliphatic rings. The normalized spacial score (nSPS) is 12.1. The van der Waals surface area contributed by atoms with Crippen LogP contribution in [0.2, 0.25) is 0 Å². The Kier molecular flexibility index (Phi) is 4.11. The quantitative estimate of drug-likeness (QED) is 0.761. The molecule has 5 nitrogen and oxygen atoms in total. The van der Waals surface area contributed by atoms with Gasteiger partial charge in [-0.15, -0.1) is 21.5 Å². The number of hydrogen-bond donors (Lipinski definition) is 1. The van der Waals surface area contributed by atoms with E-state index in [-0.39, 0.29) is 6.04 Å². The van der Waals surface area contributed by atoms with Gasteiger partial charge in [0.25, 0.3) is 5.89 Å². The molecule has 2 aromatic heterocycles. The lowest BCUT2D eigenvalue weighted by Gasteiger charge is -2.15. The number of thiophene rings is 1. The molecule has 3 aromatic rings. The molecule has 1 N–H and O–H groups in total. The van der Waals surface area contributed by atoms with Crippen molar-refractivity contribution >= 4 is 17.0 Å². The Morgan fingerprint density at radius 1 is 1.27 bits per heavy atom. The molecule has 0 amide bonds. The third-order valence-electron chi connectivity index (χ3n) is 3.27. The molecule has 0 aliphatic carbocycles. The van der Waals surface area contributed by atoms with E-state index >= 15 is 0 Å². The summed E-state index contributed by atoms with van der Waals surface area (Å²) in [5.41, 5.74) is 2.06. The third kappa shape index (κ3) is 2.96. The van der Waals surface area contributed by atoms with Gasteiger partial charge in [0, 0.05) is 0 Å². The maximum absolute atomic E-state index is 5.75. The molecule has 0 radical (unpaired) electrons. The fourth-order valence-electron chi connectivity index (χ4n) is 2.14. The molecule has 0 spiro atoms. The van der Waals surface area contributed by atoms with Crippen molar-refractivity contribution in [3.8, 4) is 16.5 Å². The molecule has 3 rings (SSSR count). The average molecular weight is 315 g/mol. The maximum atomic E-state index is 5.75. The predicted molar refractivity (Wildman–Crippen MR) is 87.4 cm³/mol. The maximum Gasteiger partial charge on any atom is 0.257 e. The summed E-state index contributed by atoms with van der Waals surface area (Å²) in [5.74, 6) is 1.89. The van der Waals surface area contributed by atoms with Gasteiger partial charge in [-0.25, -0.2) is 0 Å². The SMILES string of the molecule is COc1ccc(C)cc1N[C@H](C)c1nnc(-c2cccs2)o1. The zero-order valence-corrected chi connectivity index (χ0v) is 13.5. The van der Waals surface area contributed by atoms with Crippen LogP contribution in [-0.4, -0.2) is 17.3 Å². The van der Waals surface area contributed by atoms with Crippen LogP contribution in [-0.2, 0) is 0 Å². The molecule has 0 unspecified atom stereocenters. The zero-order valence-electron chi connectivity index (χ0n) is 12.7. The number of aryl methyl sites for hydroxylation is 1. The molecular weight excluding hydrogens is 298 g/mol. The summed E-state index contributed by atoms with van der Waals surface area (Å²) in [6.07, 6.45) is 0. The summed E-state index contributed by atoms with van der Waals surface area (Å²) >= 11 is 1.58. The van der Waals surface area contributed by atoms with Gasteiger partial charge in [0.05, 0.1) is 17.7 Å². The van der Waals surface area contributed by atoms with Crippen LogP contribution in [0, 0.1) is 6.92 Å². The Labute approximate surface area is 133 Å². The number of anilines is 1. The van der Waals surface area contributed by atoms with Gasteiger partial charge in [-0.1, -0.05) is 12.1 Å². The molecule has 0 saturated heterocycles. The van der Waals surface area contributed by atoms with Crippen molar-refractivity contribution in [2.24, 2.45) is 0 Å². The van der Waals surface area contributed by atoms with Crippen LogP contribution in [0.3, 0.4) is 0 Å². The van der Waals surface area contributed by atoms with Gasteiger partial charge in [-0.05, 0) is 43.0 Å². The standard InChI is InChI=1S/C16H17N3O2S/c1-10-6-7-13(20-3)12(9-10)17-11(2)15-18-19-16(21-15)14-5-4-8-22-14/h4-9,11,17H,1-3H3/t11-/m1/s1. The number of ether oxygens (including phenoxy) is 1. The van der Waals surface area contributed by atoms with Crippen LogP contribution in [0.25, 0.3) is 10.8 Å². The summed E-state index contributed by atoms with van der Waals surface area (Å²) in [6, 6.07) is 9.79. The van der Waals surface area contributed by atoms with E-state index in [0.717, 1.165) is 21.9 Å². The van der Waals surface area contributed by atoms with Crippen molar-refractivity contribution in [3.05, 3.63) is 47.2 Å². The summed E-state index contributed by atoms with van der Waals surface area (Å²) < 4.78 is 11.1. The molecule has 0 aliphatic heterocycles. The van der Waals surface area contributed by atoms with Gasteiger partial charge in [0.1, 0.15) is 11.8 Å². The number of nitrogens with zero attached hydrogens (tertiary/aromatic N) is 2. The van der Waals surface area contributed by atoms with Crippen molar-refractivity contribution < 1.29 is 9.15 Å². The average Bonchev–Trinajstić information content (AvgIpc) is 3.18. The summed E-state index contributed by atoms with van der Waals surface area (Å²) in [5, 5.41) is 13.6. The van der Waals surface area contributed by atoms with Gasteiger partial charge in [0.15, 0.2) is 0 Å². The van der Waals surface area contributed by atoms with Crippen molar-refractivity contribution in [2.45, 2.75) is 19.9 Å². The molecule has 0 fully saturated rings. The Bertz CT molecular complexity index is 753. The Morgan fingerprint density at radius 2 is 2.14 bits per heavy atom. The first-order valence-electron chi connectivity index (χ1n) is 6.96. The van der Waals surface area contributed by atoms with E-state index < -0.39 is 0 Å². The van der Waals surface area contributed by atoms with Gasteiger partial charge < -0.3 is 14.5 Å². The molecule has 114 valence electrons. The lowest BCUT2D eigenvalue weighted by molar-refractivity contribution is 0.415. The van der Waals surface area contributed by atoms with E-state index in [1.165, 1.54) is 0 Å². The molecule has 6 heteroatoms. The van der Waals surface area contributed by atoms with Crippen LogP contribution < -0.4 is 10.1 Å². The first-order chi connectivity index (χ1) is 10.7. The van der Waals surface area contributed by atoms with Gasteiger partial charge >= 0.3 is 0 Å². The first-order valence-corrected chi connectivity index (χ1v) is 7.84. The molecule has 1 atom stereocenters. The minimum absolute atomic E-state index is 0.114. The second kappa shape index (κ2) is 6.19. The largest absolute Gasteiger partial charge is 0.495 e. The van der Waals surface area contributed by atoms with E-state index in [1.54, 1.807) is 18.4 Å². The highest BCUT2D eigenvalue weighted by Crippen LogP contribution is 2.30. The van der Waals surface area contributed by atoms with Crippen molar-refractivity contribution in [1.29, 1.82) is 0 Å². The van der Waals surface area contributed by atoms with Crippen LogP contribution in [0.1, 0.15) is 24.4 Å². The Morgan fingerprint density at radius 3 is 2.86 bits per heavy atom. The van der Waals surface area contributed by atoms with E-state index in [2.05, 4.69) is 15.5 Å². The second-order valence-electron chi connectivity index (χ2n) is 4.99. The highest BCUT2D eigenvalue weighted by atomic mass is 32.1. The highest BCUT2D eigenvalue weighted by Gasteiger charge is 2.17. The number of rotatable bonds is 5. The number of methoxy groups -OCH3 is 1. The van der Waals surface area contributed by atoms with E-state index in [4.69, 9.17) is 9.15 Å². The Hall–Kier alpha value is -2.34. The van der Waals surface area contributed by atoms with Crippen molar-refractivity contribution in [2.75, 3.05) is 12.4 Å². The molecule has 22 heavy (non-hydrogen) atoms. The molecular formula is C16H17N3O2S. The van der Waals surface area contributed by atoms with Gasteiger partial charge in [-0.3, -0.25) is 0 Å². The zero-order chi connectivity index (χ0) is 15.5. The lowest BCUT2D eigenvalue weighted by atomic mass is 10.2. The molecule has 0 bridgehead atoms. The minimum atomic E-state index is -0.114. The van der Waals surface area contributed by atoms with E-state index in [0.29, 0.717) is 11.8 Å². The topological polar surface area (TPSA) is 60.2 Å². The van der Waals surface area contributed by atoms with E-state index in [9.17, 15) is 0 Å². The van der Waals surface area contributed by atoms with Crippen LogP contribution in [0.4, 0.5) is 5.69 Å². The van der Waals surface area contributed by atoms with Crippen LogP contribution >= 0.6 is 11.3 Å². The number of aromatic nitrogens is 2. The van der Waals surface area contributed by atoms with Crippen LogP contribution in [0.5, 0.6) is 5.75 Å². The highest BCUT2D eigenvalue weighted by molar-refractivity contribution is 7.13. The number of benzene rings is 1. The predicted octanol–water partition coefficient (Wildman–Crippen LogP) is 4.29. The van der Waals surface area contributed by atoms with Crippen molar-refractivity contribution in [1.82, 2.24) is 10.2 Å². The lowest BCUT2D eigenvalue weighted by Crippen LogP contribution is -2.08. The minimum Gasteiger partial charge on any atom is -0.495 e. The summed E-state index contributed by atoms with van der Waals surface area (Å²) in [6.45, 7) is 4.02. The molecule has 1 aromatic carbocycles. The fraction of sp³-hybridized carbons (Fsp3) is 0.250. The number of hydrogen-bond acceptors (Lipinski definition) is 6.